The van der Waals surface area contributed by atoms with Crippen molar-refractivity contribution in [1.29, 1.82) is 0 Å². The summed E-state index contributed by atoms with van der Waals surface area (Å²) < 4.78 is 14.3. The number of benzene rings is 8. The van der Waals surface area contributed by atoms with Gasteiger partial charge in [-0.1, -0.05) is 147 Å². The van der Waals surface area contributed by atoms with Crippen molar-refractivity contribution >= 4 is 28.7 Å². The van der Waals surface area contributed by atoms with Gasteiger partial charge < -0.3 is 9.47 Å². The number of hydrogen-bond donors (Lipinski definition) is 0. The topological polar surface area (TPSA) is 18.5 Å². The van der Waals surface area contributed by atoms with Crippen LogP contribution in [0.5, 0.6) is 23.0 Å². The predicted molar refractivity (Wildman–Crippen MR) is 249 cm³/mol. The van der Waals surface area contributed by atoms with Gasteiger partial charge in [0.15, 0.2) is 0 Å². The molecule has 0 bridgehead atoms. The van der Waals surface area contributed by atoms with Crippen molar-refractivity contribution in [3.05, 3.63) is 218 Å². The van der Waals surface area contributed by atoms with Crippen LogP contribution in [0.25, 0.3) is 61.2 Å². The summed E-state index contributed by atoms with van der Waals surface area (Å²) in [6, 6.07) is 60.8. The summed E-state index contributed by atoms with van der Waals surface area (Å²) in [7, 11) is 0. The lowest BCUT2D eigenvalue weighted by atomic mass is 9.34. The van der Waals surface area contributed by atoms with Crippen LogP contribution in [-0.4, -0.2) is 6.71 Å². The molecule has 2 heterocycles. The molecule has 59 heavy (non-hydrogen) atoms. The number of ether oxygens (including phenoxy) is 2. The third kappa shape index (κ3) is 6.33. The Hall–Kier alpha value is -7.36. The van der Waals surface area contributed by atoms with Gasteiger partial charge in [0.2, 0.25) is 0 Å². The van der Waals surface area contributed by atoms with Crippen LogP contribution < -0.4 is 25.9 Å². The van der Waals surface area contributed by atoms with Gasteiger partial charge in [-0.2, -0.15) is 0 Å². The van der Waals surface area contributed by atoms with Crippen molar-refractivity contribution in [2.75, 3.05) is 0 Å². The van der Waals surface area contributed by atoms with Crippen molar-refractivity contribution in [1.82, 2.24) is 0 Å². The van der Waals surface area contributed by atoms with E-state index in [1.165, 1.54) is 22.3 Å². The molecule has 0 unspecified atom stereocenters. The lowest BCUT2D eigenvalue weighted by Gasteiger charge is -2.35. The number of aryl methyl sites for hydroxylation is 2. The summed E-state index contributed by atoms with van der Waals surface area (Å²) in [4.78, 5) is 0. The Bertz CT molecular complexity index is 2930. The first-order valence-electron chi connectivity index (χ1n) is 20.2. The summed E-state index contributed by atoms with van der Waals surface area (Å²) >= 11 is 0. The minimum Gasteiger partial charge on any atom is -0.458 e. The summed E-state index contributed by atoms with van der Waals surface area (Å²) in [6.07, 6.45) is 5.73. The van der Waals surface area contributed by atoms with E-state index in [9.17, 15) is 0 Å². The number of allylic oxidation sites excluding steroid dienone is 4. The van der Waals surface area contributed by atoms with Crippen LogP contribution in [0.2, 0.25) is 0 Å². The average Bonchev–Trinajstić information content (AvgIpc) is 3.28. The van der Waals surface area contributed by atoms with E-state index in [2.05, 4.69) is 197 Å². The summed E-state index contributed by atoms with van der Waals surface area (Å²) in [5.41, 5.74) is 18.8. The van der Waals surface area contributed by atoms with E-state index in [0.717, 1.165) is 95.0 Å². The Morgan fingerprint density at radius 2 is 0.915 bits per heavy atom. The fraction of sp³-hybridized carbons (Fsp3) is 0.0357. The van der Waals surface area contributed by atoms with Crippen LogP contribution in [0.1, 0.15) is 16.7 Å². The summed E-state index contributed by atoms with van der Waals surface area (Å²) in [5.74, 6) is 3.33. The molecule has 0 aromatic heterocycles. The maximum atomic E-state index is 7.15. The largest absolute Gasteiger partial charge is 0.458 e. The van der Waals surface area contributed by atoms with Gasteiger partial charge in [0.1, 0.15) is 23.0 Å². The normalized spacial score (nSPS) is 12.4. The van der Waals surface area contributed by atoms with Crippen LogP contribution in [-0.2, 0) is 0 Å². The second-order valence-electron chi connectivity index (χ2n) is 15.4. The highest BCUT2D eigenvalue weighted by molar-refractivity contribution is 6.98. The van der Waals surface area contributed by atoms with Crippen molar-refractivity contribution < 1.29 is 9.47 Å². The molecule has 0 N–H and O–H groups in total. The van der Waals surface area contributed by atoms with E-state index >= 15 is 0 Å². The SMILES string of the molecule is C=C/C=C(\C=C)c1cc(-c2ccccc2)cc(-c2cc(-c3cc(-c4ccccc4C)cc(-c4ccccc4C)c3)c3c4c2Oc2ccccc2B4c2ccccc2O3)c1. The summed E-state index contributed by atoms with van der Waals surface area (Å²) in [6.45, 7) is 12.5. The second-order valence-corrected chi connectivity index (χ2v) is 15.4. The number of hydrogen-bond acceptors (Lipinski definition) is 2. The third-order valence-corrected chi connectivity index (χ3v) is 11.8. The molecule has 280 valence electrons. The molecule has 8 aromatic rings. The molecule has 0 saturated carbocycles. The Morgan fingerprint density at radius 3 is 1.46 bits per heavy atom. The van der Waals surface area contributed by atoms with Gasteiger partial charge in [-0.15, -0.1) is 0 Å². The zero-order chi connectivity index (χ0) is 40.0. The average molecular weight is 757 g/mol. The van der Waals surface area contributed by atoms with Crippen molar-refractivity contribution in [2.45, 2.75) is 13.8 Å². The first-order valence-corrected chi connectivity index (χ1v) is 20.2. The van der Waals surface area contributed by atoms with Gasteiger partial charge in [-0.05, 0) is 146 Å². The van der Waals surface area contributed by atoms with Gasteiger partial charge in [0.05, 0.1) is 0 Å². The van der Waals surface area contributed by atoms with E-state index < -0.39 is 0 Å². The minimum absolute atomic E-state index is 0.106. The van der Waals surface area contributed by atoms with Crippen molar-refractivity contribution in [3.8, 4) is 78.6 Å². The third-order valence-electron chi connectivity index (χ3n) is 11.8. The highest BCUT2D eigenvalue weighted by Gasteiger charge is 2.42. The Morgan fingerprint density at radius 1 is 0.458 bits per heavy atom. The molecule has 0 fully saturated rings. The lowest BCUT2D eigenvalue weighted by Crippen LogP contribution is -2.57. The maximum Gasteiger partial charge on any atom is 0.260 e. The first-order chi connectivity index (χ1) is 29.0. The van der Waals surface area contributed by atoms with Crippen LogP contribution in [0.4, 0.5) is 0 Å². The van der Waals surface area contributed by atoms with E-state index in [1.54, 1.807) is 0 Å². The van der Waals surface area contributed by atoms with E-state index in [4.69, 9.17) is 9.47 Å². The molecule has 0 radical (unpaired) electrons. The number of fused-ring (bicyclic) bond motifs is 4. The molecule has 2 aliphatic heterocycles. The predicted octanol–water partition coefficient (Wildman–Crippen LogP) is 13.1. The molecule has 3 heteroatoms. The van der Waals surface area contributed by atoms with Crippen LogP contribution in [0.3, 0.4) is 0 Å². The van der Waals surface area contributed by atoms with E-state index in [-0.39, 0.29) is 6.71 Å². The molecular weight excluding hydrogens is 715 g/mol. The van der Waals surface area contributed by atoms with Crippen molar-refractivity contribution in [2.24, 2.45) is 0 Å². The second kappa shape index (κ2) is 14.9. The van der Waals surface area contributed by atoms with Gasteiger partial charge in [-0.25, -0.2) is 0 Å². The smallest absolute Gasteiger partial charge is 0.260 e. The monoisotopic (exact) mass is 756 g/mol. The van der Waals surface area contributed by atoms with E-state index in [1.807, 2.05) is 18.2 Å². The molecule has 8 aromatic carbocycles. The molecular formula is C56H41BO2. The van der Waals surface area contributed by atoms with Crippen molar-refractivity contribution in [3.63, 3.8) is 0 Å². The highest BCUT2D eigenvalue weighted by Crippen LogP contribution is 2.48. The fourth-order valence-corrected chi connectivity index (χ4v) is 8.95. The van der Waals surface area contributed by atoms with Gasteiger partial charge in [-0.3, -0.25) is 0 Å². The molecule has 0 atom stereocenters. The Balaban J connectivity index is 1.32. The molecule has 0 aliphatic carbocycles. The summed E-state index contributed by atoms with van der Waals surface area (Å²) in [5, 5.41) is 0. The quantitative estimate of drug-likeness (QED) is 0.114. The highest BCUT2D eigenvalue weighted by atomic mass is 16.5. The molecule has 2 aliphatic rings. The number of rotatable bonds is 8. The minimum atomic E-state index is -0.106. The molecule has 2 nitrogen and oxygen atoms in total. The maximum absolute atomic E-state index is 7.15. The molecule has 0 spiro atoms. The molecule has 0 amide bonds. The Kier molecular flexibility index (Phi) is 9.07. The van der Waals surface area contributed by atoms with Gasteiger partial charge in [0.25, 0.3) is 6.71 Å². The van der Waals surface area contributed by atoms with Crippen LogP contribution in [0.15, 0.2) is 201 Å². The van der Waals surface area contributed by atoms with Crippen LogP contribution >= 0.6 is 0 Å². The zero-order valence-corrected chi connectivity index (χ0v) is 33.2. The van der Waals surface area contributed by atoms with E-state index in [0.29, 0.717) is 0 Å². The molecule has 10 rings (SSSR count). The zero-order valence-electron chi connectivity index (χ0n) is 33.2. The van der Waals surface area contributed by atoms with Crippen LogP contribution in [0, 0.1) is 13.8 Å². The lowest BCUT2D eigenvalue weighted by molar-refractivity contribution is 0.467. The number of para-hydroxylation sites is 2. The van der Waals surface area contributed by atoms with Gasteiger partial charge in [0, 0.05) is 16.6 Å². The van der Waals surface area contributed by atoms with Gasteiger partial charge >= 0.3 is 0 Å². The first kappa shape index (κ1) is 36.0. The fourth-order valence-electron chi connectivity index (χ4n) is 8.95. The molecule has 0 saturated heterocycles. The standard InChI is InChI=1S/C56H41BO2/c1-5-18-38(6-2)40-29-41(39-21-8-7-9-22-39)31-44(30-40)48-35-49(45-33-42(46-23-12-10-19-36(46)3)32-43(34-45)47-24-13-11-20-37(47)4)56-54-55(48)58-52-27-16-14-25-50(52)57(54)51-26-15-17-28-53(51)59-56/h5-35H,1-2H2,3-4H3/b38-18+. The Labute approximate surface area is 347 Å².